The molecule has 1 aromatic carbocycles. The molecular weight excluding hydrogens is 428 g/mol. The Bertz CT molecular complexity index is 1130. The van der Waals surface area contributed by atoms with Gasteiger partial charge in [-0.15, -0.1) is 11.3 Å². The van der Waals surface area contributed by atoms with Crippen molar-refractivity contribution >= 4 is 32.9 Å². The molecule has 0 saturated carbocycles. The summed E-state index contributed by atoms with van der Waals surface area (Å²) in [6.45, 7) is 4.02. The lowest BCUT2D eigenvalue weighted by Crippen LogP contribution is -2.34. The van der Waals surface area contributed by atoms with E-state index >= 15 is 0 Å². The molecule has 2 aliphatic rings. The Labute approximate surface area is 178 Å². The van der Waals surface area contributed by atoms with E-state index in [1.54, 1.807) is 12.1 Å². The highest BCUT2D eigenvalue weighted by atomic mass is 32.2. The molecule has 0 amide bonds. The Morgan fingerprint density at radius 2 is 1.93 bits per heavy atom. The van der Waals surface area contributed by atoms with Gasteiger partial charge in [-0.25, -0.2) is 13.2 Å². The minimum Gasteiger partial charge on any atom is -0.486 e. The second-order valence-electron chi connectivity index (χ2n) is 8.38. The summed E-state index contributed by atoms with van der Waals surface area (Å²) in [4.78, 5) is 25.7. The van der Waals surface area contributed by atoms with Gasteiger partial charge in [-0.3, -0.25) is 4.79 Å². The number of esters is 1. The number of carbonyl (C=O) groups is 2. The van der Waals surface area contributed by atoms with Crippen LogP contribution in [-0.4, -0.2) is 45.7 Å². The van der Waals surface area contributed by atoms with E-state index in [-0.39, 0.29) is 45.5 Å². The SMILES string of the molecule is CC1(C)CC(=O)c2c(S(C)(=O)=O)sc(C(=O)OC[C@H]3COc4ccccc4O3)c2C1. The van der Waals surface area contributed by atoms with Gasteiger partial charge in [0, 0.05) is 12.7 Å². The van der Waals surface area contributed by atoms with Gasteiger partial charge >= 0.3 is 5.97 Å². The highest BCUT2D eigenvalue weighted by Gasteiger charge is 2.40. The molecule has 7 nitrogen and oxygen atoms in total. The van der Waals surface area contributed by atoms with Gasteiger partial charge in [0.25, 0.3) is 0 Å². The Hall–Kier alpha value is -2.39. The average Bonchev–Trinajstić information content (AvgIpc) is 3.05. The second-order valence-corrected chi connectivity index (χ2v) is 11.6. The molecule has 2 heterocycles. The Morgan fingerprint density at radius 3 is 2.63 bits per heavy atom. The molecule has 1 atom stereocenters. The molecule has 1 aliphatic heterocycles. The van der Waals surface area contributed by atoms with Gasteiger partial charge in [0.05, 0.1) is 5.56 Å². The van der Waals surface area contributed by atoms with Crippen molar-refractivity contribution in [3.05, 3.63) is 40.3 Å². The van der Waals surface area contributed by atoms with Gasteiger partial charge in [-0.1, -0.05) is 26.0 Å². The van der Waals surface area contributed by atoms with E-state index in [2.05, 4.69) is 0 Å². The number of carbonyl (C=O) groups excluding carboxylic acids is 2. The second kappa shape index (κ2) is 7.39. The van der Waals surface area contributed by atoms with E-state index in [0.29, 0.717) is 23.5 Å². The average molecular weight is 451 g/mol. The number of fused-ring (bicyclic) bond motifs is 2. The summed E-state index contributed by atoms with van der Waals surface area (Å²) in [5, 5.41) is 0. The first-order valence-corrected chi connectivity index (χ1v) is 12.2. The number of benzene rings is 1. The quantitative estimate of drug-likeness (QED) is 0.660. The monoisotopic (exact) mass is 450 g/mol. The van der Waals surface area contributed by atoms with Crippen LogP contribution >= 0.6 is 11.3 Å². The third-order valence-corrected chi connectivity index (χ3v) is 8.08. The van der Waals surface area contributed by atoms with Crippen molar-refractivity contribution in [1.29, 1.82) is 0 Å². The predicted octanol–water partition coefficient (Wildman–Crippen LogP) is 3.30. The van der Waals surface area contributed by atoms with E-state index in [9.17, 15) is 18.0 Å². The number of thiophene rings is 1. The molecule has 9 heteroatoms. The molecule has 160 valence electrons. The zero-order valence-corrected chi connectivity index (χ0v) is 18.5. The van der Waals surface area contributed by atoms with Gasteiger partial charge in [-0.05, 0) is 29.5 Å². The minimum absolute atomic E-state index is 0.0502. The maximum atomic E-state index is 12.8. The lowest BCUT2D eigenvalue weighted by Gasteiger charge is -2.29. The highest BCUT2D eigenvalue weighted by Crippen LogP contribution is 2.43. The van der Waals surface area contributed by atoms with Crippen molar-refractivity contribution < 1.29 is 32.2 Å². The molecule has 4 rings (SSSR count). The van der Waals surface area contributed by atoms with Crippen LogP contribution in [0.4, 0.5) is 0 Å². The molecule has 0 saturated heterocycles. The van der Waals surface area contributed by atoms with Crippen LogP contribution in [0.3, 0.4) is 0 Å². The number of hydrogen-bond donors (Lipinski definition) is 0. The molecule has 0 fully saturated rings. The summed E-state index contributed by atoms with van der Waals surface area (Å²) < 4.78 is 41.3. The fourth-order valence-electron chi connectivity index (χ4n) is 3.76. The zero-order chi connectivity index (χ0) is 21.7. The van der Waals surface area contributed by atoms with Crippen molar-refractivity contribution in [2.75, 3.05) is 19.5 Å². The topological polar surface area (TPSA) is 96.0 Å². The van der Waals surface area contributed by atoms with Gasteiger partial charge in [0.1, 0.15) is 22.3 Å². The van der Waals surface area contributed by atoms with Crippen LogP contribution in [0, 0.1) is 5.41 Å². The van der Waals surface area contributed by atoms with Gasteiger partial charge in [0.15, 0.2) is 33.2 Å². The largest absolute Gasteiger partial charge is 0.486 e. The van der Waals surface area contributed by atoms with Crippen molar-refractivity contribution in [2.24, 2.45) is 5.41 Å². The molecule has 0 radical (unpaired) electrons. The molecule has 0 spiro atoms. The Balaban J connectivity index is 1.57. The number of hydrogen-bond acceptors (Lipinski definition) is 8. The molecule has 1 aliphatic carbocycles. The van der Waals surface area contributed by atoms with Crippen LogP contribution in [0.2, 0.25) is 0 Å². The minimum atomic E-state index is -3.65. The van der Waals surface area contributed by atoms with Crippen molar-refractivity contribution in [3.63, 3.8) is 0 Å². The highest BCUT2D eigenvalue weighted by molar-refractivity contribution is 7.92. The van der Waals surface area contributed by atoms with Crippen LogP contribution in [0.15, 0.2) is 28.5 Å². The zero-order valence-electron chi connectivity index (χ0n) is 16.9. The smallest absolute Gasteiger partial charge is 0.348 e. The van der Waals surface area contributed by atoms with E-state index < -0.39 is 21.9 Å². The molecule has 30 heavy (non-hydrogen) atoms. The van der Waals surface area contributed by atoms with Crippen LogP contribution in [0.5, 0.6) is 11.5 Å². The summed E-state index contributed by atoms with van der Waals surface area (Å²) in [5.74, 6) is 0.299. The first-order chi connectivity index (χ1) is 14.0. The number of ether oxygens (including phenoxy) is 3. The first kappa shape index (κ1) is 20.9. The van der Waals surface area contributed by atoms with Crippen LogP contribution in [0.25, 0.3) is 0 Å². The standard InChI is InChI=1S/C21H22O7S2/c1-21(2)8-13-17(14(22)9-21)20(30(3,24)25)29-18(13)19(23)27-11-12-10-26-15-6-4-5-7-16(15)28-12/h4-7,12H,8-11H2,1-3H3/t12-/m1/s1. The maximum Gasteiger partial charge on any atom is 0.348 e. The lowest BCUT2D eigenvalue weighted by atomic mass is 9.74. The van der Waals surface area contributed by atoms with Crippen LogP contribution in [-0.2, 0) is 21.0 Å². The van der Waals surface area contributed by atoms with Gasteiger partial charge in [0.2, 0.25) is 0 Å². The van der Waals surface area contributed by atoms with Crippen molar-refractivity contribution in [3.8, 4) is 11.5 Å². The fourth-order valence-corrected chi connectivity index (χ4v) is 6.19. The molecule has 1 aromatic heterocycles. The van der Waals surface area contributed by atoms with E-state index in [0.717, 1.165) is 17.6 Å². The number of para-hydroxylation sites is 2. The normalized spacial score (nSPS) is 19.8. The van der Waals surface area contributed by atoms with Crippen LogP contribution < -0.4 is 9.47 Å². The molecule has 2 aromatic rings. The van der Waals surface area contributed by atoms with Crippen molar-refractivity contribution in [2.45, 2.75) is 37.0 Å². The number of rotatable bonds is 4. The lowest BCUT2D eigenvalue weighted by molar-refractivity contribution is 0.0112. The van der Waals surface area contributed by atoms with E-state index in [1.165, 1.54) is 0 Å². The Kier molecular flexibility index (Phi) is 5.14. The summed E-state index contributed by atoms with van der Waals surface area (Å²) in [5.41, 5.74) is 0.261. The maximum absolute atomic E-state index is 12.8. The summed E-state index contributed by atoms with van der Waals surface area (Å²) in [6, 6.07) is 7.22. The van der Waals surface area contributed by atoms with Crippen molar-refractivity contribution in [1.82, 2.24) is 0 Å². The molecule has 0 N–H and O–H groups in total. The number of Topliss-reactive ketones (excluding diaryl/α,β-unsaturated/α-hetero) is 1. The first-order valence-electron chi connectivity index (χ1n) is 9.50. The molecule has 0 unspecified atom stereocenters. The third kappa shape index (κ3) is 3.96. The summed E-state index contributed by atoms with van der Waals surface area (Å²) >= 11 is 0.815. The molecule has 0 bridgehead atoms. The third-order valence-electron chi connectivity index (χ3n) is 5.04. The summed E-state index contributed by atoms with van der Waals surface area (Å²) in [6.07, 6.45) is 1.24. The predicted molar refractivity (Wildman–Crippen MR) is 110 cm³/mol. The Morgan fingerprint density at radius 1 is 1.23 bits per heavy atom. The van der Waals surface area contributed by atoms with E-state index in [1.807, 2.05) is 26.0 Å². The van der Waals surface area contributed by atoms with Gasteiger partial charge < -0.3 is 14.2 Å². The fraction of sp³-hybridized carbons (Fsp3) is 0.429. The number of sulfone groups is 1. The van der Waals surface area contributed by atoms with E-state index in [4.69, 9.17) is 14.2 Å². The molecular formula is C21H22O7S2. The van der Waals surface area contributed by atoms with Crippen LogP contribution in [0.1, 0.15) is 45.9 Å². The number of ketones is 1. The summed E-state index contributed by atoms with van der Waals surface area (Å²) in [7, 11) is -3.65. The van der Waals surface area contributed by atoms with Gasteiger partial charge in [-0.2, -0.15) is 0 Å².